The maximum absolute atomic E-state index is 13.2. The van der Waals surface area contributed by atoms with Crippen molar-refractivity contribution in [1.29, 1.82) is 0 Å². The molecule has 1 saturated carbocycles. The second-order valence-corrected chi connectivity index (χ2v) is 6.20. The van der Waals surface area contributed by atoms with Gasteiger partial charge in [-0.25, -0.2) is 0 Å². The van der Waals surface area contributed by atoms with Gasteiger partial charge < -0.3 is 9.64 Å². The molecule has 23 heavy (non-hydrogen) atoms. The fourth-order valence-corrected chi connectivity index (χ4v) is 3.16. The summed E-state index contributed by atoms with van der Waals surface area (Å²) in [5, 5.41) is 0. The summed E-state index contributed by atoms with van der Waals surface area (Å²) in [7, 11) is 1.66. The minimum atomic E-state index is -0.355. The van der Waals surface area contributed by atoms with Gasteiger partial charge in [0.2, 0.25) is 5.91 Å². The molecule has 0 N–H and O–H groups in total. The first-order chi connectivity index (χ1) is 11.1. The lowest BCUT2D eigenvalue weighted by molar-refractivity contribution is -0.121. The molecule has 3 rings (SSSR count). The van der Waals surface area contributed by atoms with Crippen LogP contribution in [0, 0.1) is 6.92 Å². The predicted octanol–water partition coefficient (Wildman–Crippen LogP) is 4.09. The summed E-state index contributed by atoms with van der Waals surface area (Å²) >= 11 is 0. The van der Waals surface area contributed by atoms with Crippen molar-refractivity contribution in [3.63, 3.8) is 0 Å². The molecule has 1 amide bonds. The lowest BCUT2D eigenvalue weighted by atomic mass is 9.94. The summed E-state index contributed by atoms with van der Waals surface area (Å²) in [6, 6.07) is 16.1. The number of carbonyl (C=O) groups is 1. The maximum atomic E-state index is 13.2. The van der Waals surface area contributed by atoms with Crippen molar-refractivity contribution in [3.8, 4) is 5.75 Å². The number of amides is 1. The fourth-order valence-electron chi connectivity index (χ4n) is 3.16. The molecule has 1 aliphatic carbocycles. The van der Waals surface area contributed by atoms with Gasteiger partial charge in [0.05, 0.1) is 12.5 Å². The Morgan fingerprint density at radius 1 is 1.17 bits per heavy atom. The largest absolute Gasteiger partial charge is 0.497 e. The standard InChI is InChI=1S/C20H23NO2/c1-4-21(17-7-5-6-15(2)14-17)19(22)20(12-13-20)16-8-10-18(23-3)11-9-16/h5-11,14H,4,12-13H2,1-3H3. The number of anilines is 1. The lowest BCUT2D eigenvalue weighted by Gasteiger charge is -2.27. The number of benzene rings is 2. The molecule has 0 unspecified atom stereocenters. The van der Waals surface area contributed by atoms with Crippen LogP contribution in [0.4, 0.5) is 5.69 Å². The van der Waals surface area contributed by atoms with E-state index in [4.69, 9.17) is 4.74 Å². The average Bonchev–Trinajstić information content (AvgIpc) is 3.37. The monoisotopic (exact) mass is 309 g/mol. The van der Waals surface area contributed by atoms with Crippen molar-refractivity contribution in [3.05, 3.63) is 59.7 Å². The molecule has 0 spiro atoms. The van der Waals surface area contributed by atoms with E-state index in [9.17, 15) is 4.79 Å². The molecule has 0 bridgehead atoms. The van der Waals surface area contributed by atoms with E-state index in [2.05, 4.69) is 19.1 Å². The van der Waals surface area contributed by atoms with Crippen molar-refractivity contribution >= 4 is 11.6 Å². The molecule has 0 aliphatic heterocycles. The number of ether oxygens (including phenoxy) is 1. The van der Waals surface area contributed by atoms with E-state index in [1.807, 2.05) is 48.2 Å². The number of aryl methyl sites for hydroxylation is 1. The van der Waals surface area contributed by atoms with E-state index in [0.717, 1.165) is 29.8 Å². The summed E-state index contributed by atoms with van der Waals surface area (Å²) in [6.07, 6.45) is 1.83. The molecule has 120 valence electrons. The Morgan fingerprint density at radius 3 is 2.39 bits per heavy atom. The van der Waals surface area contributed by atoms with Crippen LogP contribution in [0.1, 0.15) is 30.9 Å². The molecular weight excluding hydrogens is 286 g/mol. The first kappa shape index (κ1) is 15.6. The third kappa shape index (κ3) is 2.83. The summed E-state index contributed by atoms with van der Waals surface area (Å²) < 4.78 is 5.22. The number of rotatable bonds is 5. The molecule has 0 aromatic heterocycles. The van der Waals surface area contributed by atoms with Gasteiger partial charge in [0, 0.05) is 12.2 Å². The van der Waals surface area contributed by atoms with E-state index >= 15 is 0 Å². The van der Waals surface area contributed by atoms with Crippen LogP contribution < -0.4 is 9.64 Å². The smallest absolute Gasteiger partial charge is 0.237 e. The van der Waals surface area contributed by atoms with Crippen molar-refractivity contribution in [2.75, 3.05) is 18.6 Å². The summed E-state index contributed by atoms with van der Waals surface area (Å²) in [5.41, 5.74) is 2.89. The third-order valence-corrected chi connectivity index (χ3v) is 4.68. The van der Waals surface area contributed by atoms with Crippen molar-refractivity contribution in [2.45, 2.75) is 32.1 Å². The minimum Gasteiger partial charge on any atom is -0.497 e. The van der Waals surface area contributed by atoms with Crippen LogP contribution in [0.15, 0.2) is 48.5 Å². The van der Waals surface area contributed by atoms with Crippen LogP contribution in [0.5, 0.6) is 5.75 Å². The molecular formula is C20H23NO2. The summed E-state index contributed by atoms with van der Waals surface area (Å²) in [4.78, 5) is 15.1. The zero-order valence-electron chi connectivity index (χ0n) is 14.0. The Bertz CT molecular complexity index is 702. The minimum absolute atomic E-state index is 0.204. The molecule has 2 aromatic rings. The van der Waals surface area contributed by atoms with E-state index in [-0.39, 0.29) is 11.3 Å². The van der Waals surface area contributed by atoms with E-state index in [1.54, 1.807) is 7.11 Å². The van der Waals surface area contributed by atoms with Gasteiger partial charge in [-0.1, -0.05) is 24.3 Å². The number of hydrogen-bond donors (Lipinski definition) is 0. The molecule has 0 saturated heterocycles. The number of nitrogens with zero attached hydrogens (tertiary/aromatic N) is 1. The molecule has 0 atom stereocenters. The average molecular weight is 309 g/mol. The second-order valence-electron chi connectivity index (χ2n) is 6.20. The summed E-state index contributed by atoms with van der Waals surface area (Å²) in [6.45, 7) is 4.77. The second kappa shape index (κ2) is 6.07. The van der Waals surface area contributed by atoms with E-state index in [0.29, 0.717) is 6.54 Å². The fraction of sp³-hybridized carbons (Fsp3) is 0.350. The molecule has 1 aliphatic rings. The van der Waals surface area contributed by atoms with Gasteiger partial charge in [0.1, 0.15) is 5.75 Å². The maximum Gasteiger partial charge on any atom is 0.237 e. The Labute approximate surface area is 137 Å². The summed E-state index contributed by atoms with van der Waals surface area (Å²) in [5.74, 6) is 1.03. The number of likely N-dealkylation sites (N-methyl/N-ethyl adjacent to an activating group) is 1. The predicted molar refractivity (Wildman–Crippen MR) is 93.1 cm³/mol. The highest BCUT2D eigenvalue weighted by molar-refractivity contribution is 6.03. The van der Waals surface area contributed by atoms with Crippen molar-refractivity contribution < 1.29 is 9.53 Å². The molecule has 2 aromatic carbocycles. The highest BCUT2D eigenvalue weighted by Gasteiger charge is 2.53. The molecule has 3 nitrogen and oxygen atoms in total. The Kier molecular flexibility index (Phi) is 4.12. The molecule has 1 fully saturated rings. The normalized spacial score (nSPS) is 15.1. The highest BCUT2D eigenvalue weighted by atomic mass is 16.5. The molecule has 0 radical (unpaired) electrons. The van der Waals surface area contributed by atoms with Crippen LogP contribution in [0.2, 0.25) is 0 Å². The number of methoxy groups -OCH3 is 1. The van der Waals surface area contributed by atoms with Gasteiger partial charge in [-0.2, -0.15) is 0 Å². The van der Waals surface area contributed by atoms with Crippen molar-refractivity contribution in [1.82, 2.24) is 0 Å². The SMILES string of the molecule is CCN(C(=O)C1(c2ccc(OC)cc2)CC1)c1cccc(C)c1. The van der Waals surface area contributed by atoms with Crippen LogP contribution >= 0.6 is 0 Å². The first-order valence-corrected chi connectivity index (χ1v) is 8.14. The Hall–Kier alpha value is -2.29. The van der Waals surface area contributed by atoms with Gasteiger partial charge in [0.25, 0.3) is 0 Å². The van der Waals surface area contributed by atoms with Gasteiger partial charge in [-0.05, 0) is 62.1 Å². The highest BCUT2D eigenvalue weighted by Crippen LogP contribution is 2.50. The van der Waals surface area contributed by atoms with Crippen LogP contribution in [-0.2, 0) is 10.2 Å². The number of carbonyl (C=O) groups excluding carboxylic acids is 1. The number of hydrogen-bond acceptors (Lipinski definition) is 2. The molecule has 0 heterocycles. The Balaban J connectivity index is 1.90. The first-order valence-electron chi connectivity index (χ1n) is 8.14. The lowest BCUT2D eigenvalue weighted by Crippen LogP contribution is -2.39. The quantitative estimate of drug-likeness (QED) is 0.832. The Morgan fingerprint density at radius 2 is 1.87 bits per heavy atom. The topological polar surface area (TPSA) is 29.5 Å². The third-order valence-electron chi connectivity index (χ3n) is 4.68. The van der Waals surface area contributed by atoms with E-state index < -0.39 is 0 Å². The van der Waals surface area contributed by atoms with Crippen LogP contribution in [0.3, 0.4) is 0 Å². The molecule has 3 heteroatoms. The zero-order chi connectivity index (χ0) is 16.4. The zero-order valence-corrected chi connectivity index (χ0v) is 14.0. The van der Waals surface area contributed by atoms with Gasteiger partial charge in [-0.15, -0.1) is 0 Å². The van der Waals surface area contributed by atoms with E-state index in [1.165, 1.54) is 5.56 Å². The van der Waals surface area contributed by atoms with Gasteiger partial charge in [-0.3, -0.25) is 4.79 Å². The van der Waals surface area contributed by atoms with Gasteiger partial charge in [0.15, 0.2) is 0 Å². The van der Waals surface area contributed by atoms with Crippen molar-refractivity contribution in [2.24, 2.45) is 0 Å². The van der Waals surface area contributed by atoms with Gasteiger partial charge >= 0.3 is 0 Å². The van der Waals surface area contributed by atoms with Crippen LogP contribution in [0.25, 0.3) is 0 Å². The van der Waals surface area contributed by atoms with Crippen LogP contribution in [-0.4, -0.2) is 19.6 Å².